The zero-order valence-corrected chi connectivity index (χ0v) is 12.5. The van der Waals surface area contributed by atoms with E-state index in [0.29, 0.717) is 6.04 Å². The molecule has 1 rings (SSSR count). The molecular formula is C14H31N3O. The van der Waals surface area contributed by atoms with Crippen LogP contribution >= 0.6 is 0 Å². The molecular weight excluding hydrogens is 226 g/mol. The molecule has 1 N–H and O–H groups in total. The quantitative estimate of drug-likeness (QED) is 0.624. The average molecular weight is 257 g/mol. The first kappa shape index (κ1) is 15.9. The maximum absolute atomic E-state index is 5.32. The van der Waals surface area contributed by atoms with Crippen molar-refractivity contribution in [3.63, 3.8) is 0 Å². The van der Waals surface area contributed by atoms with Gasteiger partial charge in [0.15, 0.2) is 0 Å². The lowest BCUT2D eigenvalue weighted by Gasteiger charge is -2.38. The number of nitrogens with one attached hydrogen (secondary N) is 1. The van der Waals surface area contributed by atoms with Crippen LogP contribution in [0.4, 0.5) is 0 Å². The smallest absolute Gasteiger partial charge is 0.0466 e. The van der Waals surface area contributed by atoms with Crippen molar-refractivity contribution in [3.8, 4) is 0 Å². The zero-order valence-electron chi connectivity index (χ0n) is 12.5. The van der Waals surface area contributed by atoms with Crippen LogP contribution in [0.3, 0.4) is 0 Å². The second kappa shape index (κ2) is 9.73. The third-order valence-electron chi connectivity index (χ3n) is 3.64. The van der Waals surface area contributed by atoms with Crippen molar-refractivity contribution in [1.29, 1.82) is 0 Å². The van der Waals surface area contributed by atoms with E-state index in [9.17, 15) is 0 Å². The Kier molecular flexibility index (Phi) is 8.59. The molecule has 1 aliphatic rings. The molecule has 4 nitrogen and oxygen atoms in total. The summed E-state index contributed by atoms with van der Waals surface area (Å²) in [6, 6.07) is 0.698. The van der Waals surface area contributed by atoms with Crippen LogP contribution in [0.25, 0.3) is 0 Å². The predicted molar refractivity (Wildman–Crippen MR) is 77.1 cm³/mol. The minimum absolute atomic E-state index is 0.698. The molecule has 0 aliphatic carbocycles. The van der Waals surface area contributed by atoms with Gasteiger partial charge >= 0.3 is 0 Å². The van der Waals surface area contributed by atoms with E-state index < -0.39 is 0 Å². The molecule has 0 spiro atoms. The van der Waals surface area contributed by atoms with Gasteiger partial charge in [0.25, 0.3) is 0 Å². The van der Waals surface area contributed by atoms with E-state index in [2.05, 4.69) is 36.0 Å². The number of rotatable bonds is 9. The van der Waals surface area contributed by atoms with Crippen LogP contribution in [0.1, 0.15) is 26.7 Å². The Labute approximate surface area is 113 Å². The molecule has 0 saturated carbocycles. The van der Waals surface area contributed by atoms with Crippen LogP contribution in [0, 0.1) is 0 Å². The molecule has 1 atom stereocenters. The van der Waals surface area contributed by atoms with Crippen LogP contribution in [-0.2, 0) is 4.74 Å². The van der Waals surface area contributed by atoms with Gasteiger partial charge in [-0.2, -0.15) is 0 Å². The first-order valence-electron chi connectivity index (χ1n) is 7.45. The van der Waals surface area contributed by atoms with Crippen molar-refractivity contribution in [1.82, 2.24) is 15.1 Å². The van der Waals surface area contributed by atoms with Gasteiger partial charge in [0.05, 0.1) is 0 Å². The molecule has 1 unspecified atom stereocenters. The van der Waals surface area contributed by atoms with Crippen molar-refractivity contribution in [2.45, 2.75) is 32.7 Å². The Bertz CT molecular complexity index is 201. The first-order chi connectivity index (χ1) is 8.74. The van der Waals surface area contributed by atoms with Crippen molar-refractivity contribution in [2.75, 3.05) is 59.5 Å². The lowest BCUT2D eigenvalue weighted by atomic mass is 10.2. The molecule has 1 aliphatic heterocycles. The van der Waals surface area contributed by atoms with E-state index in [1.165, 1.54) is 39.0 Å². The Hall–Kier alpha value is -0.160. The molecule has 0 amide bonds. The van der Waals surface area contributed by atoms with Crippen LogP contribution in [0.15, 0.2) is 0 Å². The highest BCUT2D eigenvalue weighted by molar-refractivity contribution is 4.77. The number of hydrogen-bond acceptors (Lipinski definition) is 4. The normalized spacial score (nSPS) is 22.5. The van der Waals surface area contributed by atoms with Gasteiger partial charge in [-0.25, -0.2) is 0 Å². The van der Waals surface area contributed by atoms with E-state index >= 15 is 0 Å². The summed E-state index contributed by atoms with van der Waals surface area (Å²) in [5.74, 6) is 0. The number of hydrogen-bond donors (Lipinski definition) is 1. The Morgan fingerprint density at radius 1 is 1.22 bits per heavy atom. The molecule has 0 radical (unpaired) electrons. The summed E-state index contributed by atoms with van der Waals surface area (Å²) >= 11 is 0. The summed E-state index contributed by atoms with van der Waals surface area (Å²) in [6.07, 6.45) is 2.39. The van der Waals surface area contributed by atoms with E-state index in [-0.39, 0.29) is 0 Å². The van der Waals surface area contributed by atoms with Gasteiger partial charge in [-0.1, -0.05) is 0 Å². The summed E-state index contributed by atoms with van der Waals surface area (Å²) in [5, 5.41) is 3.53. The third kappa shape index (κ3) is 6.69. The van der Waals surface area contributed by atoms with E-state index in [1.807, 2.05) is 0 Å². The second-order valence-corrected chi connectivity index (χ2v) is 5.30. The first-order valence-corrected chi connectivity index (χ1v) is 7.45. The lowest BCUT2D eigenvalue weighted by Crippen LogP contribution is -2.51. The van der Waals surface area contributed by atoms with Crippen LogP contribution in [-0.4, -0.2) is 75.4 Å². The minimum Gasteiger partial charge on any atom is -0.382 e. The van der Waals surface area contributed by atoms with Crippen molar-refractivity contribution in [3.05, 3.63) is 0 Å². The van der Waals surface area contributed by atoms with Gasteiger partial charge in [-0.05, 0) is 40.3 Å². The van der Waals surface area contributed by atoms with Crippen LogP contribution in [0.5, 0.6) is 0 Å². The van der Waals surface area contributed by atoms with Gasteiger partial charge in [0, 0.05) is 52.0 Å². The fourth-order valence-electron chi connectivity index (χ4n) is 2.46. The van der Waals surface area contributed by atoms with E-state index in [0.717, 1.165) is 26.3 Å². The van der Waals surface area contributed by atoms with Gasteiger partial charge in [0.1, 0.15) is 0 Å². The SMILES string of the molecule is CCOCCCCNCCN1CCN(C)CC1C. The number of likely N-dealkylation sites (N-methyl/N-ethyl adjacent to an activating group) is 1. The molecule has 0 aromatic heterocycles. The Balaban J connectivity index is 1.91. The lowest BCUT2D eigenvalue weighted by molar-refractivity contribution is 0.101. The van der Waals surface area contributed by atoms with E-state index in [1.54, 1.807) is 0 Å². The van der Waals surface area contributed by atoms with Crippen LogP contribution in [0.2, 0.25) is 0 Å². The molecule has 108 valence electrons. The fourth-order valence-corrected chi connectivity index (χ4v) is 2.46. The molecule has 4 heteroatoms. The van der Waals surface area contributed by atoms with Crippen molar-refractivity contribution < 1.29 is 4.74 Å². The molecule has 1 saturated heterocycles. The largest absolute Gasteiger partial charge is 0.382 e. The molecule has 1 heterocycles. The van der Waals surface area contributed by atoms with E-state index in [4.69, 9.17) is 4.74 Å². The molecule has 1 fully saturated rings. The number of piperazine rings is 1. The van der Waals surface area contributed by atoms with Gasteiger partial charge in [-0.3, -0.25) is 4.90 Å². The Morgan fingerprint density at radius 3 is 2.78 bits per heavy atom. The Morgan fingerprint density at radius 2 is 2.06 bits per heavy atom. The second-order valence-electron chi connectivity index (χ2n) is 5.30. The summed E-state index contributed by atoms with van der Waals surface area (Å²) in [4.78, 5) is 5.01. The third-order valence-corrected chi connectivity index (χ3v) is 3.64. The zero-order chi connectivity index (χ0) is 13.2. The van der Waals surface area contributed by atoms with Crippen LogP contribution < -0.4 is 5.32 Å². The maximum atomic E-state index is 5.32. The molecule has 0 bridgehead atoms. The topological polar surface area (TPSA) is 27.7 Å². The average Bonchev–Trinajstić information content (AvgIpc) is 2.35. The highest BCUT2D eigenvalue weighted by Crippen LogP contribution is 2.06. The predicted octanol–water partition coefficient (Wildman–Crippen LogP) is 1.03. The molecule has 0 aromatic rings. The highest BCUT2D eigenvalue weighted by Gasteiger charge is 2.20. The van der Waals surface area contributed by atoms with Crippen molar-refractivity contribution in [2.24, 2.45) is 0 Å². The molecule has 18 heavy (non-hydrogen) atoms. The maximum Gasteiger partial charge on any atom is 0.0466 e. The monoisotopic (exact) mass is 257 g/mol. The fraction of sp³-hybridized carbons (Fsp3) is 1.00. The van der Waals surface area contributed by atoms with Gasteiger partial charge in [-0.15, -0.1) is 0 Å². The van der Waals surface area contributed by atoms with Gasteiger partial charge in [0.2, 0.25) is 0 Å². The summed E-state index contributed by atoms with van der Waals surface area (Å²) in [7, 11) is 2.21. The summed E-state index contributed by atoms with van der Waals surface area (Å²) in [5.41, 5.74) is 0. The van der Waals surface area contributed by atoms with Gasteiger partial charge < -0.3 is 15.0 Å². The number of ether oxygens (including phenoxy) is 1. The number of unbranched alkanes of at least 4 members (excludes halogenated alkanes) is 1. The van der Waals surface area contributed by atoms with Crippen molar-refractivity contribution >= 4 is 0 Å². The summed E-state index contributed by atoms with van der Waals surface area (Å²) in [6.45, 7) is 13.2. The minimum atomic E-state index is 0.698. The molecule has 0 aromatic carbocycles. The standard InChI is InChI=1S/C14H31N3O/c1-4-18-12-6-5-7-15-8-9-17-11-10-16(3)13-14(17)2/h14-15H,4-13H2,1-3H3. The summed E-state index contributed by atoms with van der Waals surface area (Å²) < 4.78 is 5.32. The highest BCUT2D eigenvalue weighted by atomic mass is 16.5. The number of nitrogens with zero attached hydrogens (tertiary/aromatic N) is 2.